The van der Waals surface area contributed by atoms with Crippen LogP contribution in [0.2, 0.25) is 5.02 Å². The van der Waals surface area contributed by atoms with Crippen LogP contribution in [-0.2, 0) is 14.3 Å². The largest absolute Gasteiger partial charge is 0.376 e. The second kappa shape index (κ2) is 9.58. The summed E-state index contributed by atoms with van der Waals surface area (Å²) in [7, 11) is 0. The number of carbonyl (C=O) groups is 3. The highest BCUT2D eigenvalue weighted by Crippen LogP contribution is 2.30. The summed E-state index contributed by atoms with van der Waals surface area (Å²) in [4.78, 5) is 52.5. The van der Waals surface area contributed by atoms with Crippen molar-refractivity contribution in [1.82, 2.24) is 4.90 Å². The molecular weight excluding hydrogens is 518 g/mol. The minimum absolute atomic E-state index is 0.00596. The molecule has 2 fully saturated rings. The Kier molecular flexibility index (Phi) is 6.78. The van der Waals surface area contributed by atoms with Crippen LogP contribution in [0.15, 0.2) is 46.9 Å². The first-order valence-corrected chi connectivity index (χ1v) is 11.4. The first-order chi connectivity index (χ1) is 15.8. The summed E-state index contributed by atoms with van der Waals surface area (Å²) in [5.41, 5.74) is -0.00122. The Labute approximate surface area is 202 Å². The van der Waals surface area contributed by atoms with Crippen LogP contribution in [0, 0.1) is 10.1 Å². The van der Waals surface area contributed by atoms with Crippen molar-refractivity contribution in [3.05, 3.63) is 67.6 Å². The predicted octanol–water partition coefficient (Wildman–Crippen LogP) is 3.96. The number of nitrogens with zero attached hydrogens (tertiary/aromatic N) is 3. The molecular formula is C22H19BrClN3O6. The molecule has 3 amide bonds. The van der Waals surface area contributed by atoms with Crippen molar-refractivity contribution in [3.8, 4) is 0 Å². The fourth-order valence-corrected chi connectivity index (χ4v) is 4.48. The van der Waals surface area contributed by atoms with Gasteiger partial charge in [0.2, 0.25) is 5.91 Å². The minimum Gasteiger partial charge on any atom is -0.376 e. The number of benzene rings is 2. The van der Waals surface area contributed by atoms with Crippen LogP contribution < -0.4 is 4.90 Å². The molecule has 2 aliphatic heterocycles. The van der Waals surface area contributed by atoms with Gasteiger partial charge in [0.15, 0.2) is 0 Å². The number of hydrogen-bond acceptors (Lipinski definition) is 6. The van der Waals surface area contributed by atoms with Crippen molar-refractivity contribution in [3.63, 3.8) is 0 Å². The topological polar surface area (TPSA) is 110 Å². The summed E-state index contributed by atoms with van der Waals surface area (Å²) in [5.74, 6) is -1.56. The number of nitro benzene ring substituents is 1. The van der Waals surface area contributed by atoms with Crippen LogP contribution in [0.3, 0.4) is 0 Å². The van der Waals surface area contributed by atoms with E-state index in [4.69, 9.17) is 16.3 Å². The number of nitro groups is 1. The number of ether oxygens (including phenoxy) is 1. The Hall–Kier alpha value is -2.82. The molecule has 2 saturated heterocycles. The Morgan fingerprint density at radius 2 is 1.97 bits per heavy atom. The summed E-state index contributed by atoms with van der Waals surface area (Å²) in [6.07, 6.45) is 1.04. The Bertz CT molecular complexity index is 1120. The third kappa shape index (κ3) is 4.78. The van der Waals surface area contributed by atoms with E-state index in [1.165, 1.54) is 17.0 Å². The molecule has 2 aliphatic rings. The number of imide groups is 1. The van der Waals surface area contributed by atoms with Gasteiger partial charge in [-0.1, -0.05) is 27.5 Å². The van der Waals surface area contributed by atoms with E-state index in [1.807, 2.05) is 0 Å². The van der Waals surface area contributed by atoms with Gasteiger partial charge in [-0.05, 0) is 49.2 Å². The zero-order chi connectivity index (χ0) is 23.7. The second-order valence-corrected chi connectivity index (χ2v) is 9.10. The Morgan fingerprint density at radius 1 is 1.24 bits per heavy atom. The highest BCUT2D eigenvalue weighted by Gasteiger charge is 2.45. The van der Waals surface area contributed by atoms with E-state index in [-0.39, 0.29) is 29.7 Å². The smallest absolute Gasteiger partial charge is 0.288 e. The van der Waals surface area contributed by atoms with Crippen molar-refractivity contribution < 1.29 is 24.0 Å². The molecule has 11 heteroatoms. The molecule has 2 aromatic carbocycles. The average molecular weight is 537 g/mol. The van der Waals surface area contributed by atoms with Gasteiger partial charge in [-0.15, -0.1) is 0 Å². The molecule has 0 bridgehead atoms. The lowest BCUT2D eigenvalue weighted by molar-refractivity contribution is -0.384. The number of carbonyl (C=O) groups excluding carboxylic acids is 3. The molecule has 2 aromatic rings. The first-order valence-electron chi connectivity index (χ1n) is 10.2. The van der Waals surface area contributed by atoms with Gasteiger partial charge in [-0.3, -0.25) is 24.5 Å². The van der Waals surface area contributed by atoms with E-state index in [1.54, 1.807) is 24.3 Å². The zero-order valence-electron chi connectivity index (χ0n) is 17.3. The van der Waals surface area contributed by atoms with Gasteiger partial charge in [0.25, 0.3) is 17.5 Å². The molecule has 4 rings (SSSR count). The lowest BCUT2D eigenvalue weighted by Crippen LogP contribution is -2.48. The molecule has 0 N–H and O–H groups in total. The fraction of sp³-hybridized carbons (Fsp3) is 0.318. The van der Waals surface area contributed by atoms with E-state index in [9.17, 15) is 24.5 Å². The van der Waals surface area contributed by atoms with Crippen molar-refractivity contribution in [2.75, 3.05) is 18.1 Å². The summed E-state index contributed by atoms with van der Waals surface area (Å²) in [6.45, 7) is 0.634. The third-order valence-corrected chi connectivity index (χ3v) is 6.51. The number of anilines is 1. The number of hydrogen-bond donors (Lipinski definition) is 0. The predicted molar refractivity (Wildman–Crippen MR) is 123 cm³/mol. The summed E-state index contributed by atoms with van der Waals surface area (Å²) >= 11 is 9.21. The van der Waals surface area contributed by atoms with Gasteiger partial charge in [0.05, 0.1) is 23.1 Å². The van der Waals surface area contributed by atoms with E-state index in [0.717, 1.165) is 21.9 Å². The maximum atomic E-state index is 13.5. The van der Waals surface area contributed by atoms with Crippen LogP contribution in [-0.4, -0.2) is 52.8 Å². The normalized spacial score (nSPS) is 20.4. The van der Waals surface area contributed by atoms with Crippen LogP contribution >= 0.6 is 27.5 Å². The first kappa shape index (κ1) is 23.3. The maximum absolute atomic E-state index is 13.5. The third-order valence-electron chi connectivity index (χ3n) is 5.66. The SMILES string of the molecule is O=C1CC(N(CC2CCCO2)C(=O)c2ccc(Cl)c([N+](=O)[O-])c2)C(=O)N1c1ccc(Br)cc1. The summed E-state index contributed by atoms with van der Waals surface area (Å²) in [5, 5.41) is 11.2. The van der Waals surface area contributed by atoms with Gasteiger partial charge in [-0.2, -0.15) is 0 Å². The summed E-state index contributed by atoms with van der Waals surface area (Å²) in [6, 6.07) is 9.37. The highest BCUT2D eigenvalue weighted by atomic mass is 79.9. The van der Waals surface area contributed by atoms with Gasteiger partial charge in [0.1, 0.15) is 11.1 Å². The standard InChI is InChI=1S/C22H19BrClN3O6/c23-14-4-6-15(7-5-14)26-20(28)11-19(22(26)30)25(12-16-2-1-9-33-16)21(29)13-3-8-17(24)18(10-13)27(31)32/h3-8,10,16,19H,1-2,9,11-12H2. The van der Waals surface area contributed by atoms with Crippen LogP contribution in [0.4, 0.5) is 11.4 Å². The molecule has 2 atom stereocenters. The summed E-state index contributed by atoms with van der Waals surface area (Å²) < 4.78 is 6.45. The van der Waals surface area contributed by atoms with E-state index < -0.39 is 34.4 Å². The molecule has 0 aromatic heterocycles. The molecule has 33 heavy (non-hydrogen) atoms. The zero-order valence-corrected chi connectivity index (χ0v) is 19.6. The lowest BCUT2D eigenvalue weighted by atomic mass is 10.1. The molecule has 2 unspecified atom stereocenters. The van der Waals surface area contributed by atoms with Gasteiger partial charge in [-0.25, -0.2) is 4.90 Å². The number of amides is 3. The Morgan fingerprint density at radius 3 is 2.61 bits per heavy atom. The lowest BCUT2D eigenvalue weighted by Gasteiger charge is -2.30. The van der Waals surface area contributed by atoms with Crippen molar-refractivity contribution in [1.29, 1.82) is 0 Å². The average Bonchev–Trinajstić information content (AvgIpc) is 3.40. The van der Waals surface area contributed by atoms with E-state index >= 15 is 0 Å². The van der Waals surface area contributed by atoms with Crippen molar-refractivity contribution in [2.45, 2.75) is 31.4 Å². The van der Waals surface area contributed by atoms with E-state index in [2.05, 4.69) is 15.9 Å². The minimum atomic E-state index is -1.05. The number of halogens is 2. The van der Waals surface area contributed by atoms with Gasteiger partial charge >= 0.3 is 0 Å². The molecule has 0 spiro atoms. The molecule has 0 radical (unpaired) electrons. The second-order valence-electron chi connectivity index (χ2n) is 7.78. The van der Waals surface area contributed by atoms with Gasteiger partial charge in [0, 0.05) is 29.3 Å². The quantitative estimate of drug-likeness (QED) is 0.314. The van der Waals surface area contributed by atoms with E-state index in [0.29, 0.717) is 18.7 Å². The molecule has 9 nitrogen and oxygen atoms in total. The molecule has 0 saturated carbocycles. The van der Waals surface area contributed by atoms with Crippen LogP contribution in [0.5, 0.6) is 0 Å². The highest BCUT2D eigenvalue weighted by molar-refractivity contribution is 9.10. The molecule has 2 heterocycles. The molecule has 0 aliphatic carbocycles. The monoisotopic (exact) mass is 535 g/mol. The van der Waals surface area contributed by atoms with Crippen molar-refractivity contribution in [2.24, 2.45) is 0 Å². The number of rotatable bonds is 6. The maximum Gasteiger partial charge on any atom is 0.288 e. The fourth-order valence-electron chi connectivity index (χ4n) is 4.03. The van der Waals surface area contributed by atoms with Crippen LogP contribution in [0.25, 0.3) is 0 Å². The Balaban J connectivity index is 1.67. The van der Waals surface area contributed by atoms with Crippen LogP contribution in [0.1, 0.15) is 29.6 Å². The van der Waals surface area contributed by atoms with Gasteiger partial charge < -0.3 is 9.64 Å². The van der Waals surface area contributed by atoms with Crippen molar-refractivity contribution >= 4 is 56.6 Å². The molecule has 172 valence electrons.